The number of hydrogen-bond acceptors (Lipinski definition) is 6. The number of halogens is 1. The van der Waals surface area contributed by atoms with Gasteiger partial charge in [0.2, 0.25) is 0 Å². The molecule has 0 radical (unpaired) electrons. The Hall–Kier alpha value is -2.28. The van der Waals surface area contributed by atoms with Gasteiger partial charge in [0.25, 0.3) is 0 Å². The molecular weight excluding hydrogens is 426 g/mol. The summed E-state index contributed by atoms with van der Waals surface area (Å²) < 4.78 is 16.9. The second kappa shape index (κ2) is 8.39. The molecule has 6 nitrogen and oxygen atoms in total. The minimum Gasteiger partial charge on any atom is -0.492 e. The van der Waals surface area contributed by atoms with Gasteiger partial charge in [-0.2, -0.15) is 0 Å². The van der Waals surface area contributed by atoms with Crippen LogP contribution < -0.4 is 14.8 Å². The summed E-state index contributed by atoms with van der Waals surface area (Å²) in [5, 5.41) is 3.26. The van der Waals surface area contributed by atoms with E-state index in [0.717, 1.165) is 24.1 Å². The van der Waals surface area contributed by atoms with Crippen molar-refractivity contribution in [3.8, 4) is 11.5 Å². The molecule has 1 atom stereocenters. The number of carbonyl (C=O) groups is 2. The molecule has 0 saturated carbocycles. The standard InChI is InChI=1S/C21H24BrNO5/c1-5-28-16-10-12(9-13(22)20(16)26-3)18-17(21(25)27-4)11(2)23-14-7-6-8-15(24)19(14)18/h9-10,18,23H,5-8H2,1-4H3. The summed E-state index contributed by atoms with van der Waals surface area (Å²) >= 11 is 3.53. The maximum absolute atomic E-state index is 12.9. The van der Waals surface area contributed by atoms with Crippen LogP contribution in [0.25, 0.3) is 0 Å². The maximum atomic E-state index is 12.9. The van der Waals surface area contributed by atoms with E-state index in [1.54, 1.807) is 7.11 Å². The highest BCUT2D eigenvalue weighted by Gasteiger charge is 2.39. The number of nitrogens with one attached hydrogen (secondary N) is 1. The van der Waals surface area contributed by atoms with Crippen LogP contribution in [0.5, 0.6) is 11.5 Å². The molecule has 3 rings (SSSR count). The predicted molar refractivity (Wildman–Crippen MR) is 108 cm³/mol. The molecule has 2 aliphatic rings. The van der Waals surface area contributed by atoms with Gasteiger partial charge in [0.05, 0.1) is 30.9 Å². The molecule has 0 aromatic heterocycles. The lowest BCUT2D eigenvalue weighted by Crippen LogP contribution is -2.34. The van der Waals surface area contributed by atoms with Gasteiger partial charge in [-0.05, 0) is 60.3 Å². The van der Waals surface area contributed by atoms with Gasteiger partial charge in [-0.25, -0.2) is 4.79 Å². The first-order valence-corrected chi connectivity index (χ1v) is 10.0. The number of rotatable bonds is 5. The highest BCUT2D eigenvalue weighted by Crippen LogP contribution is 2.46. The molecule has 1 aromatic rings. The molecule has 1 aromatic carbocycles. The quantitative estimate of drug-likeness (QED) is 0.684. The molecule has 1 heterocycles. The van der Waals surface area contributed by atoms with Crippen molar-refractivity contribution in [3.05, 3.63) is 44.7 Å². The minimum absolute atomic E-state index is 0.0533. The van der Waals surface area contributed by atoms with Crippen molar-refractivity contribution in [2.24, 2.45) is 0 Å². The van der Waals surface area contributed by atoms with E-state index in [2.05, 4.69) is 21.2 Å². The Morgan fingerprint density at radius 2 is 2.04 bits per heavy atom. The summed E-state index contributed by atoms with van der Waals surface area (Å²) in [5.74, 6) is 0.213. The molecule has 1 unspecified atom stereocenters. The molecule has 0 saturated heterocycles. The monoisotopic (exact) mass is 449 g/mol. The molecular formula is C21H24BrNO5. The largest absolute Gasteiger partial charge is 0.492 e. The van der Waals surface area contributed by atoms with Crippen LogP contribution in [0.1, 0.15) is 44.6 Å². The second-order valence-corrected chi connectivity index (χ2v) is 7.58. The average Bonchev–Trinajstić information content (AvgIpc) is 2.66. The molecule has 0 fully saturated rings. The fraction of sp³-hybridized carbons (Fsp3) is 0.429. The third-order valence-corrected chi connectivity index (χ3v) is 5.64. The Balaban J connectivity index is 2.24. The van der Waals surface area contributed by atoms with Crippen LogP contribution in [-0.4, -0.2) is 32.6 Å². The predicted octanol–water partition coefficient (Wildman–Crippen LogP) is 4.00. The molecule has 0 bridgehead atoms. The normalized spacial score (nSPS) is 19.2. The fourth-order valence-corrected chi connectivity index (χ4v) is 4.53. The number of hydrogen-bond donors (Lipinski definition) is 1. The first kappa shape index (κ1) is 20.5. The molecule has 1 aliphatic carbocycles. The zero-order valence-electron chi connectivity index (χ0n) is 16.5. The summed E-state index contributed by atoms with van der Waals surface area (Å²) in [7, 11) is 2.92. The van der Waals surface area contributed by atoms with Crippen molar-refractivity contribution in [1.29, 1.82) is 0 Å². The fourth-order valence-electron chi connectivity index (χ4n) is 3.91. The Morgan fingerprint density at radius 3 is 2.68 bits per heavy atom. The van der Waals surface area contributed by atoms with Crippen molar-refractivity contribution in [2.45, 2.75) is 39.0 Å². The van der Waals surface area contributed by atoms with Crippen LogP contribution in [0.3, 0.4) is 0 Å². The van der Waals surface area contributed by atoms with Crippen LogP contribution in [0.15, 0.2) is 39.1 Å². The smallest absolute Gasteiger partial charge is 0.336 e. The van der Waals surface area contributed by atoms with Gasteiger partial charge in [0.15, 0.2) is 17.3 Å². The van der Waals surface area contributed by atoms with E-state index in [1.165, 1.54) is 7.11 Å². The molecule has 0 amide bonds. The second-order valence-electron chi connectivity index (χ2n) is 6.72. The summed E-state index contributed by atoms with van der Waals surface area (Å²) in [4.78, 5) is 25.5. The van der Waals surface area contributed by atoms with E-state index < -0.39 is 11.9 Å². The van der Waals surface area contributed by atoms with Crippen LogP contribution in [0.2, 0.25) is 0 Å². The van der Waals surface area contributed by atoms with Gasteiger partial charge >= 0.3 is 5.97 Å². The average molecular weight is 450 g/mol. The zero-order chi connectivity index (χ0) is 20.4. The lowest BCUT2D eigenvalue weighted by Gasteiger charge is -2.34. The number of allylic oxidation sites excluding steroid dienone is 3. The van der Waals surface area contributed by atoms with Gasteiger partial charge in [0, 0.05) is 29.3 Å². The number of ether oxygens (including phenoxy) is 3. The van der Waals surface area contributed by atoms with E-state index in [9.17, 15) is 9.59 Å². The lowest BCUT2D eigenvalue weighted by molar-refractivity contribution is -0.136. The number of carbonyl (C=O) groups excluding carboxylic acids is 2. The first-order chi connectivity index (χ1) is 13.4. The van der Waals surface area contributed by atoms with Gasteiger partial charge in [-0.15, -0.1) is 0 Å². The Labute approximate surface area is 173 Å². The number of ketones is 1. The van der Waals surface area contributed by atoms with Crippen LogP contribution in [0.4, 0.5) is 0 Å². The minimum atomic E-state index is -0.516. The van der Waals surface area contributed by atoms with Crippen molar-refractivity contribution in [2.75, 3.05) is 20.8 Å². The maximum Gasteiger partial charge on any atom is 0.336 e. The highest BCUT2D eigenvalue weighted by molar-refractivity contribution is 9.10. The van der Waals surface area contributed by atoms with Crippen molar-refractivity contribution in [3.63, 3.8) is 0 Å². The number of Topliss-reactive ketones (excluding diaryl/α,β-unsaturated/α-hetero) is 1. The topological polar surface area (TPSA) is 73.9 Å². The molecule has 0 spiro atoms. The summed E-state index contributed by atoms with van der Waals surface area (Å²) in [6.45, 7) is 4.19. The van der Waals surface area contributed by atoms with Crippen LogP contribution >= 0.6 is 15.9 Å². The van der Waals surface area contributed by atoms with E-state index in [4.69, 9.17) is 14.2 Å². The SMILES string of the molecule is CCOc1cc(C2C(C(=O)OC)=C(C)NC3=C2C(=O)CCC3)cc(Br)c1OC. The van der Waals surface area contributed by atoms with Crippen molar-refractivity contribution >= 4 is 27.7 Å². The van der Waals surface area contributed by atoms with Crippen LogP contribution in [-0.2, 0) is 14.3 Å². The van der Waals surface area contributed by atoms with Crippen molar-refractivity contribution < 1.29 is 23.8 Å². The number of dihydropyridines is 1. The molecule has 7 heteroatoms. The molecule has 28 heavy (non-hydrogen) atoms. The molecule has 150 valence electrons. The Bertz CT molecular complexity index is 887. The Morgan fingerprint density at radius 1 is 1.29 bits per heavy atom. The summed E-state index contributed by atoms with van der Waals surface area (Å²) in [6.07, 6.45) is 2.05. The third kappa shape index (κ3) is 3.55. The van der Waals surface area contributed by atoms with E-state index >= 15 is 0 Å². The van der Waals surface area contributed by atoms with E-state index in [1.807, 2.05) is 26.0 Å². The lowest BCUT2D eigenvalue weighted by atomic mass is 9.75. The summed E-state index contributed by atoms with van der Waals surface area (Å²) in [6, 6.07) is 3.71. The van der Waals surface area contributed by atoms with E-state index in [-0.39, 0.29) is 5.78 Å². The summed E-state index contributed by atoms with van der Waals surface area (Å²) in [5.41, 5.74) is 3.44. The Kier molecular flexibility index (Phi) is 6.13. The highest BCUT2D eigenvalue weighted by atomic mass is 79.9. The van der Waals surface area contributed by atoms with Gasteiger partial charge in [-0.1, -0.05) is 0 Å². The van der Waals surface area contributed by atoms with Gasteiger partial charge in [-0.3, -0.25) is 4.79 Å². The zero-order valence-corrected chi connectivity index (χ0v) is 18.1. The number of benzene rings is 1. The third-order valence-electron chi connectivity index (χ3n) is 5.05. The van der Waals surface area contributed by atoms with Crippen molar-refractivity contribution in [1.82, 2.24) is 5.32 Å². The number of methoxy groups -OCH3 is 2. The van der Waals surface area contributed by atoms with Crippen LogP contribution in [0, 0.1) is 0 Å². The first-order valence-electron chi connectivity index (χ1n) is 9.25. The van der Waals surface area contributed by atoms with Gasteiger partial charge < -0.3 is 19.5 Å². The number of esters is 1. The van der Waals surface area contributed by atoms with E-state index in [0.29, 0.717) is 45.8 Å². The molecule has 1 aliphatic heterocycles. The van der Waals surface area contributed by atoms with Gasteiger partial charge in [0.1, 0.15) is 0 Å². The molecule has 1 N–H and O–H groups in total.